The van der Waals surface area contributed by atoms with E-state index < -0.39 is 0 Å². The van der Waals surface area contributed by atoms with Crippen LogP contribution in [0.25, 0.3) is 5.65 Å². The summed E-state index contributed by atoms with van der Waals surface area (Å²) in [5.74, 6) is 0.590. The van der Waals surface area contributed by atoms with Crippen LogP contribution in [0.15, 0.2) is 47.1 Å². The maximum absolute atomic E-state index is 5.94. The highest BCUT2D eigenvalue weighted by Crippen LogP contribution is 2.17. The first-order chi connectivity index (χ1) is 9.22. The first-order valence-corrected chi connectivity index (χ1v) is 6.89. The third-order valence-electron chi connectivity index (χ3n) is 2.65. The Morgan fingerprint density at radius 3 is 2.95 bits per heavy atom. The first-order valence-electron chi connectivity index (χ1n) is 5.71. The largest absolute Gasteiger partial charge is 0.349 e. The number of fused-ring (bicyclic) bond motifs is 1. The Balaban J connectivity index is 1.80. The van der Waals surface area contributed by atoms with E-state index in [9.17, 15) is 0 Å². The third kappa shape index (κ3) is 2.72. The quantitative estimate of drug-likeness (QED) is 0.791. The van der Waals surface area contributed by atoms with E-state index in [0.29, 0.717) is 12.5 Å². The van der Waals surface area contributed by atoms with Crippen molar-refractivity contribution in [2.45, 2.75) is 6.54 Å². The van der Waals surface area contributed by atoms with E-state index in [1.54, 1.807) is 4.52 Å². The molecule has 0 radical (unpaired) electrons. The van der Waals surface area contributed by atoms with Crippen LogP contribution in [0.4, 0.5) is 5.95 Å². The summed E-state index contributed by atoms with van der Waals surface area (Å²) in [6.07, 6.45) is 1.86. The van der Waals surface area contributed by atoms with Crippen molar-refractivity contribution in [3.05, 3.63) is 57.7 Å². The molecular weight excluding hydrogens is 328 g/mol. The average molecular weight is 338 g/mol. The smallest absolute Gasteiger partial charge is 0.243 e. The zero-order valence-corrected chi connectivity index (χ0v) is 12.2. The molecule has 3 rings (SSSR count). The summed E-state index contributed by atoms with van der Waals surface area (Å²) < 4.78 is 2.64. The maximum atomic E-state index is 5.94. The number of anilines is 1. The van der Waals surface area contributed by atoms with Gasteiger partial charge in [0.1, 0.15) is 0 Å². The summed E-state index contributed by atoms with van der Waals surface area (Å²) in [7, 11) is 0. The second kappa shape index (κ2) is 5.19. The van der Waals surface area contributed by atoms with Crippen molar-refractivity contribution < 1.29 is 0 Å². The number of rotatable bonds is 3. The fourth-order valence-electron chi connectivity index (χ4n) is 1.78. The number of pyridine rings is 1. The van der Waals surface area contributed by atoms with Crippen molar-refractivity contribution in [1.29, 1.82) is 0 Å². The molecule has 1 aromatic carbocycles. The molecule has 0 fully saturated rings. The highest BCUT2D eigenvalue weighted by atomic mass is 79.9. The van der Waals surface area contributed by atoms with Crippen LogP contribution in [0.2, 0.25) is 5.02 Å². The Morgan fingerprint density at radius 1 is 1.26 bits per heavy atom. The van der Waals surface area contributed by atoms with Crippen molar-refractivity contribution >= 4 is 39.1 Å². The second-order valence-corrected chi connectivity index (χ2v) is 5.33. The van der Waals surface area contributed by atoms with E-state index in [4.69, 9.17) is 11.6 Å². The zero-order chi connectivity index (χ0) is 13.2. The van der Waals surface area contributed by atoms with Gasteiger partial charge in [-0.15, -0.1) is 5.10 Å². The summed E-state index contributed by atoms with van der Waals surface area (Å²) in [6.45, 7) is 0.634. The highest BCUT2D eigenvalue weighted by Gasteiger charge is 2.05. The van der Waals surface area contributed by atoms with Gasteiger partial charge in [0.2, 0.25) is 5.95 Å². The van der Waals surface area contributed by atoms with Crippen LogP contribution < -0.4 is 5.32 Å². The standard InChI is InChI=1S/C13H10BrClN4/c14-11-5-2-6-19-12(11)17-13(18-19)16-8-9-3-1-4-10(15)7-9/h1-7H,8H2,(H,16,18). The van der Waals surface area contributed by atoms with Crippen LogP contribution in [-0.2, 0) is 6.54 Å². The predicted molar refractivity (Wildman–Crippen MR) is 79.5 cm³/mol. The van der Waals surface area contributed by atoms with Gasteiger partial charge >= 0.3 is 0 Å². The third-order valence-corrected chi connectivity index (χ3v) is 3.51. The minimum Gasteiger partial charge on any atom is -0.349 e. The van der Waals surface area contributed by atoms with Gasteiger partial charge in [-0.3, -0.25) is 0 Å². The molecule has 2 heterocycles. The molecule has 6 heteroatoms. The van der Waals surface area contributed by atoms with Gasteiger partial charge in [-0.1, -0.05) is 23.7 Å². The van der Waals surface area contributed by atoms with Gasteiger partial charge in [0.05, 0.1) is 4.47 Å². The van der Waals surface area contributed by atoms with Crippen LogP contribution in [-0.4, -0.2) is 14.6 Å². The lowest BCUT2D eigenvalue weighted by molar-refractivity contribution is 0.948. The van der Waals surface area contributed by atoms with Crippen LogP contribution in [0, 0.1) is 0 Å². The van der Waals surface area contributed by atoms with Gasteiger partial charge < -0.3 is 5.32 Å². The minimum atomic E-state index is 0.590. The molecule has 0 amide bonds. The van der Waals surface area contributed by atoms with Gasteiger partial charge in [0.15, 0.2) is 5.65 Å². The molecule has 19 heavy (non-hydrogen) atoms. The summed E-state index contributed by atoms with van der Waals surface area (Å²) in [6, 6.07) is 11.5. The minimum absolute atomic E-state index is 0.590. The molecule has 0 unspecified atom stereocenters. The lowest BCUT2D eigenvalue weighted by Gasteiger charge is -2.01. The Labute approximate surface area is 123 Å². The van der Waals surface area contributed by atoms with Crippen molar-refractivity contribution in [1.82, 2.24) is 14.6 Å². The highest BCUT2D eigenvalue weighted by molar-refractivity contribution is 9.10. The molecule has 1 N–H and O–H groups in total. The molecule has 0 saturated carbocycles. The van der Waals surface area contributed by atoms with Crippen LogP contribution in [0.3, 0.4) is 0 Å². The number of halogens is 2. The second-order valence-electron chi connectivity index (χ2n) is 4.04. The number of aromatic nitrogens is 3. The molecule has 2 aromatic heterocycles. The normalized spacial score (nSPS) is 10.8. The Hall–Kier alpha value is -1.59. The molecular formula is C13H10BrClN4. The molecule has 0 aliphatic rings. The molecule has 0 spiro atoms. The molecule has 0 aliphatic carbocycles. The molecule has 0 saturated heterocycles. The maximum Gasteiger partial charge on any atom is 0.243 e. The molecule has 96 valence electrons. The van der Waals surface area contributed by atoms with Crippen LogP contribution in [0.1, 0.15) is 5.56 Å². The Morgan fingerprint density at radius 2 is 2.16 bits per heavy atom. The van der Waals surface area contributed by atoms with Gasteiger partial charge in [-0.2, -0.15) is 4.98 Å². The Bertz CT molecular complexity index is 725. The lowest BCUT2D eigenvalue weighted by Crippen LogP contribution is -2.01. The van der Waals surface area contributed by atoms with E-state index in [1.807, 2.05) is 42.6 Å². The van der Waals surface area contributed by atoms with Gasteiger partial charge in [-0.25, -0.2) is 4.52 Å². The van der Waals surface area contributed by atoms with Gasteiger partial charge in [0, 0.05) is 17.8 Å². The van der Waals surface area contributed by atoms with E-state index in [1.165, 1.54) is 0 Å². The summed E-state index contributed by atoms with van der Waals surface area (Å²) in [5, 5.41) is 8.25. The van der Waals surface area contributed by atoms with Crippen molar-refractivity contribution in [3.63, 3.8) is 0 Å². The Kier molecular flexibility index (Phi) is 3.40. The number of benzene rings is 1. The molecule has 3 aromatic rings. The van der Waals surface area contributed by atoms with Crippen molar-refractivity contribution in [3.8, 4) is 0 Å². The van der Waals surface area contributed by atoms with Gasteiger partial charge in [0.25, 0.3) is 0 Å². The number of nitrogens with zero attached hydrogens (tertiary/aromatic N) is 3. The summed E-state index contributed by atoms with van der Waals surface area (Å²) in [5.41, 5.74) is 1.88. The molecule has 0 atom stereocenters. The number of nitrogens with one attached hydrogen (secondary N) is 1. The first kappa shape index (κ1) is 12.4. The van der Waals surface area contributed by atoms with E-state index >= 15 is 0 Å². The molecule has 0 aliphatic heterocycles. The fraction of sp³-hybridized carbons (Fsp3) is 0.0769. The van der Waals surface area contributed by atoms with E-state index in [0.717, 1.165) is 20.7 Å². The summed E-state index contributed by atoms with van der Waals surface area (Å²) >= 11 is 9.39. The number of hydrogen-bond acceptors (Lipinski definition) is 3. The molecule has 4 nitrogen and oxygen atoms in total. The monoisotopic (exact) mass is 336 g/mol. The lowest BCUT2D eigenvalue weighted by atomic mass is 10.2. The van der Waals surface area contributed by atoms with E-state index in [2.05, 4.69) is 31.3 Å². The fourth-order valence-corrected chi connectivity index (χ4v) is 2.41. The van der Waals surface area contributed by atoms with Crippen molar-refractivity contribution in [2.75, 3.05) is 5.32 Å². The van der Waals surface area contributed by atoms with Gasteiger partial charge in [-0.05, 0) is 45.8 Å². The SMILES string of the molecule is Clc1cccc(CNc2nc3c(Br)cccn3n2)c1. The van der Waals surface area contributed by atoms with Crippen LogP contribution in [0.5, 0.6) is 0 Å². The van der Waals surface area contributed by atoms with Crippen LogP contribution >= 0.6 is 27.5 Å². The van der Waals surface area contributed by atoms with Crippen molar-refractivity contribution in [2.24, 2.45) is 0 Å². The molecule has 0 bridgehead atoms. The topological polar surface area (TPSA) is 42.2 Å². The average Bonchev–Trinajstić information content (AvgIpc) is 2.81. The van der Waals surface area contributed by atoms with E-state index in [-0.39, 0.29) is 0 Å². The number of hydrogen-bond donors (Lipinski definition) is 1. The zero-order valence-electron chi connectivity index (χ0n) is 9.85. The predicted octanol–water partition coefficient (Wildman–Crippen LogP) is 3.76. The summed E-state index contributed by atoms with van der Waals surface area (Å²) in [4.78, 5) is 4.41.